The molecule has 132 valence electrons. The van der Waals surface area contributed by atoms with Crippen LogP contribution in [0.3, 0.4) is 0 Å². The molecule has 0 unspecified atom stereocenters. The Hall–Kier alpha value is -3.20. The number of halogens is 1. The summed E-state index contributed by atoms with van der Waals surface area (Å²) in [5.41, 5.74) is 13.1. The summed E-state index contributed by atoms with van der Waals surface area (Å²) < 4.78 is 0.891. The topological polar surface area (TPSA) is 118 Å². The van der Waals surface area contributed by atoms with Crippen LogP contribution in [-0.4, -0.2) is 20.9 Å². The third-order valence-corrected chi connectivity index (χ3v) is 4.06. The second kappa shape index (κ2) is 7.79. The first-order valence-corrected chi connectivity index (χ1v) is 8.45. The van der Waals surface area contributed by atoms with Gasteiger partial charge in [0.25, 0.3) is 5.91 Å². The highest BCUT2D eigenvalue weighted by molar-refractivity contribution is 9.10. The zero-order valence-corrected chi connectivity index (χ0v) is 15.4. The number of rotatable bonds is 5. The summed E-state index contributed by atoms with van der Waals surface area (Å²) in [6.07, 6.45) is 3.01. The summed E-state index contributed by atoms with van der Waals surface area (Å²) in [5, 5.41) is 3.06. The molecular formula is C17H16BrN7O. The van der Waals surface area contributed by atoms with Crippen molar-refractivity contribution in [1.82, 2.24) is 20.4 Å². The van der Waals surface area contributed by atoms with Crippen LogP contribution in [0.4, 0.5) is 23.1 Å². The smallest absolute Gasteiger partial charge is 0.269 e. The number of aromatic nitrogens is 3. The Morgan fingerprint density at radius 2 is 1.77 bits per heavy atom. The quantitative estimate of drug-likeness (QED) is 0.474. The van der Waals surface area contributed by atoms with Gasteiger partial charge < -0.3 is 11.1 Å². The molecule has 3 rings (SSSR count). The standard InChI is InChI=1S/C17H16BrN7O/c1-10-3-2-8-20-14(10)23-15-13(19)16(22-9-21-15)24-25-17(26)11-4-6-12(18)7-5-11/h2-9H,19H2,1H3,(H,25,26)(H2,20,21,22,23,24). The fourth-order valence-electron chi connectivity index (χ4n) is 2.11. The van der Waals surface area contributed by atoms with Crippen LogP contribution in [0.25, 0.3) is 0 Å². The molecule has 0 aliphatic heterocycles. The van der Waals surface area contributed by atoms with Crippen LogP contribution in [0.5, 0.6) is 0 Å². The van der Waals surface area contributed by atoms with Crippen molar-refractivity contribution in [2.75, 3.05) is 16.5 Å². The van der Waals surface area contributed by atoms with E-state index in [2.05, 4.69) is 47.1 Å². The summed E-state index contributed by atoms with van der Waals surface area (Å²) in [6, 6.07) is 10.7. The Kier molecular flexibility index (Phi) is 5.28. The Bertz CT molecular complexity index is 931. The molecule has 3 aromatic rings. The summed E-state index contributed by atoms with van der Waals surface area (Å²) in [4.78, 5) is 24.6. The Morgan fingerprint density at radius 3 is 2.50 bits per heavy atom. The Labute approximate surface area is 158 Å². The van der Waals surface area contributed by atoms with Gasteiger partial charge in [-0.25, -0.2) is 15.0 Å². The zero-order chi connectivity index (χ0) is 18.5. The number of benzene rings is 1. The van der Waals surface area contributed by atoms with Crippen LogP contribution in [-0.2, 0) is 0 Å². The predicted octanol–water partition coefficient (Wildman–Crippen LogP) is 3.03. The lowest BCUT2D eigenvalue weighted by molar-refractivity contribution is 0.0962. The van der Waals surface area contributed by atoms with E-state index >= 15 is 0 Å². The maximum Gasteiger partial charge on any atom is 0.269 e. The monoisotopic (exact) mass is 413 g/mol. The van der Waals surface area contributed by atoms with E-state index in [1.165, 1.54) is 6.33 Å². The van der Waals surface area contributed by atoms with E-state index in [1.807, 2.05) is 19.1 Å². The number of aryl methyl sites for hydroxylation is 1. The number of hydrogen-bond acceptors (Lipinski definition) is 7. The summed E-state index contributed by atoms with van der Waals surface area (Å²) in [5.74, 6) is 0.997. The van der Waals surface area contributed by atoms with Crippen molar-refractivity contribution < 1.29 is 4.79 Å². The van der Waals surface area contributed by atoms with E-state index in [-0.39, 0.29) is 17.4 Å². The normalized spacial score (nSPS) is 10.2. The van der Waals surface area contributed by atoms with E-state index in [0.717, 1.165) is 10.0 Å². The van der Waals surface area contributed by atoms with Crippen LogP contribution in [0, 0.1) is 6.92 Å². The first kappa shape index (κ1) is 17.6. The van der Waals surface area contributed by atoms with Crippen LogP contribution >= 0.6 is 15.9 Å². The van der Waals surface area contributed by atoms with Crippen molar-refractivity contribution in [2.45, 2.75) is 6.92 Å². The molecule has 9 heteroatoms. The number of anilines is 4. The minimum Gasteiger partial charge on any atom is -0.393 e. The molecule has 1 aromatic carbocycles. The van der Waals surface area contributed by atoms with Gasteiger partial charge in [-0.2, -0.15) is 0 Å². The number of carbonyl (C=O) groups is 1. The number of nitrogen functional groups attached to an aromatic ring is 1. The molecule has 0 saturated carbocycles. The fourth-order valence-corrected chi connectivity index (χ4v) is 2.38. The average Bonchev–Trinajstić information content (AvgIpc) is 2.64. The lowest BCUT2D eigenvalue weighted by Gasteiger charge is -2.13. The largest absolute Gasteiger partial charge is 0.393 e. The van der Waals surface area contributed by atoms with Gasteiger partial charge in [-0.3, -0.25) is 15.6 Å². The second-order valence-corrected chi connectivity index (χ2v) is 6.28. The van der Waals surface area contributed by atoms with Crippen LogP contribution in [0.15, 0.2) is 53.4 Å². The van der Waals surface area contributed by atoms with Gasteiger partial charge in [0.1, 0.15) is 17.8 Å². The lowest BCUT2D eigenvalue weighted by atomic mass is 10.2. The number of nitrogens with one attached hydrogen (secondary N) is 3. The number of nitrogens with zero attached hydrogens (tertiary/aromatic N) is 3. The third kappa shape index (κ3) is 4.06. The molecule has 26 heavy (non-hydrogen) atoms. The molecular weight excluding hydrogens is 398 g/mol. The molecule has 2 aromatic heterocycles. The van der Waals surface area contributed by atoms with E-state index in [4.69, 9.17) is 5.73 Å². The summed E-state index contributed by atoms with van der Waals surface area (Å²) in [7, 11) is 0. The minimum atomic E-state index is -0.314. The van der Waals surface area contributed by atoms with Crippen molar-refractivity contribution in [3.8, 4) is 0 Å². The van der Waals surface area contributed by atoms with E-state index < -0.39 is 0 Å². The Balaban J connectivity index is 1.72. The highest BCUT2D eigenvalue weighted by atomic mass is 79.9. The van der Waals surface area contributed by atoms with Crippen LogP contribution in [0.2, 0.25) is 0 Å². The van der Waals surface area contributed by atoms with Gasteiger partial charge in [0.15, 0.2) is 11.6 Å². The lowest BCUT2D eigenvalue weighted by Crippen LogP contribution is -2.30. The van der Waals surface area contributed by atoms with Gasteiger partial charge in [-0.1, -0.05) is 22.0 Å². The van der Waals surface area contributed by atoms with Gasteiger partial charge in [0.05, 0.1) is 0 Å². The van der Waals surface area contributed by atoms with Crippen molar-refractivity contribution in [3.63, 3.8) is 0 Å². The molecule has 0 aliphatic rings. The number of carbonyl (C=O) groups excluding carboxylic acids is 1. The molecule has 0 saturated heterocycles. The maximum absolute atomic E-state index is 12.2. The molecule has 8 nitrogen and oxygen atoms in total. The number of hydrazine groups is 1. The predicted molar refractivity (Wildman–Crippen MR) is 104 cm³/mol. The zero-order valence-electron chi connectivity index (χ0n) is 13.8. The molecule has 0 aliphatic carbocycles. The van der Waals surface area contributed by atoms with Gasteiger partial charge in [0.2, 0.25) is 0 Å². The summed E-state index contributed by atoms with van der Waals surface area (Å²) in [6.45, 7) is 1.92. The molecule has 5 N–H and O–H groups in total. The summed E-state index contributed by atoms with van der Waals surface area (Å²) >= 11 is 3.33. The first-order chi connectivity index (χ1) is 12.5. The minimum absolute atomic E-state index is 0.258. The average molecular weight is 414 g/mol. The number of hydrogen-bond donors (Lipinski definition) is 4. The van der Waals surface area contributed by atoms with Crippen LogP contribution in [0.1, 0.15) is 15.9 Å². The van der Waals surface area contributed by atoms with E-state index in [1.54, 1.807) is 30.5 Å². The van der Waals surface area contributed by atoms with Crippen molar-refractivity contribution in [2.24, 2.45) is 0 Å². The molecule has 1 amide bonds. The van der Waals surface area contributed by atoms with Crippen molar-refractivity contribution in [3.05, 3.63) is 64.5 Å². The molecule has 0 radical (unpaired) electrons. The van der Waals surface area contributed by atoms with Gasteiger partial charge in [-0.05, 0) is 42.8 Å². The van der Waals surface area contributed by atoms with Gasteiger partial charge in [-0.15, -0.1) is 0 Å². The molecule has 0 fully saturated rings. The molecule has 0 bridgehead atoms. The van der Waals surface area contributed by atoms with E-state index in [0.29, 0.717) is 17.2 Å². The number of amides is 1. The van der Waals surface area contributed by atoms with Crippen molar-refractivity contribution in [1.29, 1.82) is 0 Å². The molecule has 0 atom stereocenters. The third-order valence-electron chi connectivity index (χ3n) is 3.53. The SMILES string of the molecule is Cc1cccnc1Nc1ncnc(NNC(=O)c2ccc(Br)cc2)c1N. The number of pyridine rings is 1. The highest BCUT2D eigenvalue weighted by Crippen LogP contribution is 2.25. The van der Waals surface area contributed by atoms with E-state index in [9.17, 15) is 4.79 Å². The second-order valence-electron chi connectivity index (χ2n) is 5.36. The fraction of sp³-hybridized carbons (Fsp3) is 0.0588. The number of nitrogens with two attached hydrogens (primary N) is 1. The van der Waals surface area contributed by atoms with Crippen molar-refractivity contribution >= 4 is 45.0 Å². The van der Waals surface area contributed by atoms with Crippen LogP contribution < -0.4 is 21.9 Å². The molecule has 2 heterocycles. The Morgan fingerprint density at radius 1 is 1.04 bits per heavy atom. The first-order valence-electron chi connectivity index (χ1n) is 7.65. The molecule has 0 spiro atoms. The van der Waals surface area contributed by atoms with Gasteiger partial charge >= 0.3 is 0 Å². The maximum atomic E-state index is 12.2. The highest BCUT2D eigenvalue weighted by Gasteiger charge is 2.11. The van der Waals surface area contributed by atoms with Gasteiger partial charge in [0, 0.05) is 16.2 Å².